The third-order valence-electron chi connectivity index (χ3n) is 5.34. The van der Waals surface area contributed by atoms with E-state index in [1.807, 2.05) is 37.3 Å². The summed E-state index contributed by atoms with van der Waals surface area (Å²) < 4.78 is 0. The lowest BCUT2D eigenvalue weighted by molar-refractivity contribution is -0.122. The Kier molecular flexibility index (Phi) is 5.94. The minimum atomic E-state index is -0.320. The number of nitrogens with zero attached hydrogens (tertiary/aromatic N) is 1. The molecule has 4 heteroatoms. The predicted molar refractivity (Wildman–Crippen MR) is 110 cm³/mol. The number of benzene rings is 2. The van der Waals surface area contributed by atoms with E-state index in [0.717, 1.165) is 23.4 Å². The minimum absolute atomic E-state index is 0.00770. The molecule has 0 aliphatic carbocycles. The van der Waals surface area contributed by atoms with Crippen molar-refractivity contribution in [2.45, 2.75) is 46.5 Å². The van der Waals surface area contributed by atoms with E-state index in [-0.39, 0.29) is 24.2 Å². The van der Waals surface area contributed by atoms with E-state index in [1.54, 1.807) is 4.90 Å². The first-order valence-corrected chi connectivity index (χ1v) is 9.75. The summed E-state index contributed by atoms with van der Waals surface area (Å²) in [4.78, 5) is 26.8. The fourth-order valence-electron chi connectivity index (χ4n) is 3.41. The number of carbonyl (C=O) groups is 2. The van der Waals surface area contributed by atoms with E-state index < -0.39 is 0 Å². The first-order chi connectivity index (χ1) is 13.0. The second-order valence-corrected chi connectivity index (χ2v) is 7.46. The summed E-state index contributed by atoms with van der Waals surface area (Å²) in [5.74, 6) is -0.400. The van der Waals surface area contributed by atoms with E-state index in [1.165, 1.54) is 24.0 Å². The molecule has 4 nitrogen and oxygen atoms in total. The van der Waals surface area contributed by atoms with E-state index in [2.05, 4.69) is 31.3 Å². The number of hydrogen-bond donors (Lipinski definition) is 1. The molecule has 3 rings (SSSR count). The van der Waals surface area contributed by atoms with Crippen LogP contribution in [0.4, 0.5) is 11.4 Å². The maximum atomic E-state index is 12.6. The SMILES string of the molecule is CCCCc1ccc(NC(=O)[C@@H]2CC(=O)N(c3ccc(C)c(C)c3)C2)cc1. The molecule has 0 radical (unpaired) electrons. The first kappa shape index (κ1) is 19.2. The molecule has 2 aromatic carbocycles. The lowest BCUT2D eigenvalue weighted by Crippen LogP contribution is -2.28. The first-order valence-electron chi connectivity index (χ1n) is 9.75. The zero-order valence-electron chi connectivity index (χ0n) is 16.4. The molecule has 1 aliphatic heterocycles. The van der Waals surface area contributed by atoms with Crippen molar-refractivity contribution >= 4 is 23.2 Å². The molecule has 27 heavy (non-hydrogen) atoms. The van der Waals surface area contributed by atoms with Crippen molar-refractivity contribution in [1.29, 1.82) is 0 Å². The number of amides is 2. The van der Waals surface area contributed by atoms with Gasteiger partial charge in [-0.25, -0.2) is 0 Å². The van der Waals surface area contributed by atoms with Gasteiger partial charge in [0.15, 0.2) is 0 Å². The van der Waals surface area contributed by atoms with Gasteiger partial charge in [-0.15, -0.1) is 0 Å². The standard InChI is InChI=1S/C23H28N2O2/c1-4-5-6-18-8-10-20(11-9-18)24-23(27)19-14-22(26)25(15-19)21-12-7-16(2)17(3)13-21/h7-13,19H,4-6,14-15H2,1-3H3,(H,24,27)/t19-/m1/s1. The third-order valence-corrected chi connectivity index (χ3v) is 5.34. The summed E-state index contributed by atoms with van der Waals surface area (Å²) in [6.07, 6.45) is 3.66. The lowest BCUT2D eigenvalue weighted by Gasteiger charge is -2.18. The van der Waals surface area contributed by atoms with Crippen molar-refractivity contribution in [3.63, 3.8) is 0 Å². The maximum Gasteiger partial charge on any atom is 0.229 e. The van der Waals surface area contributed by atoms with Gasteiger partial charge in [-0.3, -0.25) is 9.59 Å². The van der Waals surface area contributed by atoms with Crippen LogP contribution in [0.3, 0.4) is 0 Å². The van der Waals surface area contributed by atoms with Crippen LogP contribution in [0.25, 0.3) is 0 Å². The van der Waals surface area contributed by atoms with Crippen molar-refractivity contribution in [3.05, 3.63) is 59.2 Å². The van der Waals surface area contributed by atoms with Crippen LogP contribution >= 0.6 is 0 Å². The van der Waals surface area contributed by atoms with Gasteiger partial charge in [-0.1, -0.05) is 31.5 Å². The number of carbonyl (C=O) groups excluding carboxylic acids is 2. The maximum absolute atomic E-state index is 12.6. The smallest absolute Gasteiger partial charge is 0.229 e. The quantitative estimate of drug-likeness (QED) is 0.812. The molecule has 0 spiro atoms. The second-order valence-electron chi connectivity index (χ2n) is 7.46. The summed E-state index contributed by atoms with van der Waals surface area (Å²) in [6.45, 7) is 6.70. The highest BCUT2D eigenvalue weighted by molar-refractivity contribution is 6.03. The van der Waals surface area contributed by atoms with Gasteiger partial charge >= 0.3 is 0 Å². The molecule has 1 saturated heterocycles. The summed E-state index contributed by atoms with van der Waals surface area (Å²) in [6, 6.07) is 14.0. The van der Waals surface area contributed by atoms with Crippen LogP contribution in [-0.4, -0.2) is 18.4 Å². The van der Waals surface area contributed by atoms with Gasteiger partial charge < -0.3 is 10.2 Å². The van der Waals surface area contributed by atoms with Gasteiger partial charge in [0, 0.05) is 24.3 Å². The molecule has 1 heterocycles. The Labute approximate surface area is 161 Å². The van der Waals surface area contributed by atoms with Gasteiger partial charge in [0.25, 0.3) is 0 Å². The minimum Gasteiger partial charge on any atom is -0.326 e. The molecular weight excluding hydrogens is 336 g/mol. The van der Waals surface area contributed by atoms with Crippen LogP contribution in [0, 0.1) is 19.8 Å². The number of hydrogen-bond acceptors (Lipinski definition) is 2. The molecule has 142 valence electrons. The molecule has 2 aromatic rings. The molecule has 0 aromatic heterocycles. The second kappa shape index (κ2) is 8.38. The van der Waals surface area contributed by atoms with E-state index in [9.17, 15) is 9.59 Å². The fourth-order valence-corrected chi connectivity index (χ4v) is 3.41. The molecular formula is C23H28N2O2. The highest BCUT2D eigenvalue weighted by Gasteiger charge is 2.35. The zero-order valence-corrected chi connectivity index (χ0v) is 16.4. The fraction of sp³-hybridized carbons (Fsp3) is 0.391. The average Bonchev–Trinajstić information content (AvgIpc) is 3.05. The number of unbranched alkanes of at least 4 members (excludes halogenated alkanes) is 1. The van der Waals surface area contributed by atoms with E-state index in [4.69, 9.17) is 0 Å². The van der Waals surface area contributed by atoms with Crippen molar-refractivity contribution in [2.75, 3.05) is 16.8 Å². The monoisotopic (exact) mass is 364 g/mol. The van der Waals surface area contributed by atoms with Crippen LogP contribution in [0.15, 0.2) is 42.5 Å². The topological polar surface area (TPSA) is 49.4 Å². The van der Waals surface area contributed by atoms with Gasteiger partial charge in [0.1, 0.15) is 0 Å². The Morgan fingerprint density at radius 2 is 1.85 bits per heavy atom. The molecule has 1 fully saturated rings. The van der Waals surface area contributed by atoms with Crippen LogP contribution in [0.5, 0.6) is 0 Å². The Hall–Kier alpha value is -2.62. The Balaban J connectivity index is 1.62. The molecule has 0 unspecified atom stereocenters. The Morgan fingerprint density at radius 3 is 2.52 bits per heavy atom. The summed E-state index contributed by atoms with van der Waals surface area (Å²) in [5, 5.41) is 2.96. The highest BCUT2D eigenvalue weighted by Crippen LogP contribution is 2.27. The van der Waals surface area contributed by atoms with E-state index >= 15 is 0 Å². The van der Waals surface area contributed by atoms with Crippen LogP contribution in [0.2, 0.25) is 0 Å². The van der Waals surface area contributed by atoms with Crippen LogP contribution < -0.4 is 10.2 Å². The average molecular weight is 364 g/mol. The molecule has 2 amide bonds. The zero-order chi connectivity index (χ0) is 19.4. The van der Waals surface area contributed by atoms with Gasteiger partial charge in [-0.2, -0.15) is 0 Å². The van der Waals surface area contributed by atoms with Crippen LogP contribution in [0.1, 0.15) is 42.9 Å². The van der Waals surface area contributed by atoms with Crippen molar-refractivity contribution in [1.82, 2.24) is 0 Å². The van der Waals surface area contributed by atoms with Crippen LogP contribution in [-0.2, 0) is 16.0 Å². The molecule has 1 atom stereocenters. The van der Waals surface area contributed by atoms with Crippen molar-refractivity contribution < 1.29 is 9.59 Å². The van der Waals surface area contributed by atoms with Gasteiger partial charge in [-0.05, 0) is 67.6 Å². The normalized spacial score (nSPS) is 16.6. The molecule has 0 bridgehead atoms. The number of aryl methyl sites for hydroxylation is 3. The predicted octanol–water partition coefficient (Wildman–Crippen LogP) is 4.64. The lowest BCUT2D eigenvalue weighted by atomic mass is 10.1. The Morgan fingerprint density at radius 1 is 1.11 bits per heavy atom. The number of nitrogens with one attached hydrogen (secondary N) is 1. The molecule has 0 saturated carbocycles. The van der Waals surface area contributed by atoms with E-state index in [0.29, 0.717) is 6.54 Å². The summed E-state index contributed by atoms with van der Waals surface area (Å²) >= 11 is 0. The molecule has 1 N–H and O–H groups in total. The molecule has 1 aliphatic rings. The highest BCUT2D eigenvalue weighted by atomic mass is 16.2. The van der Waals surface area contributed by atoms with Crippen molar-refractivity contribution in [2.24, 2.45) is 5.92 Å². The van der Waals surface area contributed by atoms with Gasteiger partial charge in [0.05, 0.1) is 5.92 Å². The van der Waals surface area contributed by atoms with Crippen molar-refractivity contribution in [3.8, 4) is 0 Å². The summed E-state index contributed by atoms with van der Waals surface area (Å²) in [7, 11) is 0. The third kappa shape index (κ3) is 4.57. The largest absolute Gasteiger partial charge is 0.326 e. The van der Waals surface area contributed by atoms with Gasteiger partial charge in [0.2, 0.25) is 11.8 Å². The summed E-state index contributed by atoms with van der Waals surface area (Å²) in [5.41, 5.74) is 5.29. The Bertz CT molecular complexity index is 827. The number of rotatable bonds is 6. The number of anilines is 2.